The molecule has 2 amide bonds. The first-order valence-electron chi connectivity index (χ1n) is 8.72. The molecule has 0 unspecified atom stereocenters. The van der Waals surface area contributed by atoms with E-state index in [2.05, 4.69) is 10.6 Å². The van der Waals surface area contributed by atoms with Gasteiger partial charge in [-0.15, -0.1) is 0 Å². The van der Waals surface area contributed by atoms with Crippen LogP contribution in [0.25, 0.3) is 6.08 Å². The van der Waals surface area contributed by atoms with Crippen molar-refractivity contribution in [2.24, 2.45) is 0 Å². The molecule has 0 aliphatic carbocycles. The van der Waals surface area contributed by atoms with E-state index in [0.29, 0.717) is 22.5 Å². The standard InChI is InChI=1S/C22H17N3O4/c26-21(15-14-16-8-4-7-13-20(16)25(28)29)24-19-12-6-5-11-18(19)22(27)23-17-9-2-1-3-10-17/h1-15H,(H,23,27)(H,24,26). The lowest BCUT2D eigenvalue weighted by molar-refractivity contribution is -0.385. The number of nitrogens with one attached hydrogen (secondary N) is 2. The molecule has 0 fully saturated rings. The van der Waals surface area contributed by atoms with Gasteiger partial charge in [-0.25, -0.2) is 0 Å². The summed E-state index contributed by atoms with van der Waals surface area (Å²) < 4.78 is 0. The third kappa shape index (κ3) is 5.14. The van der Waals surface area contributed by atoms with Gasteiger partial charge in [0.1, 0.15) is 0 Å². The average Bonchev–Trinajstić information content (AvgIpc) is 2.73. The van der Waals surface area contributed by atoms with Gasteiger partial charge in [0.2, 0.25) is 5.91 Å². The van der Waals surface area contributed by atoms with Crippen molar-refractivity contribution in [2.45, 2.75) is 0 Å². The molecular weight excluding hydrogens is 370 g/mol. The number of nitro benzene ring substituents is 1. The summed E-state index contributed by atoms with van der Waals surface area (Å²) >= 11 is 0. The maximum atomic E-state index is 12.6. The number of nitro groups is 1. The molecule has 144 valence electrons. The maximum Gasteiger partial charge on any atom is 0.276 e. The lowest BCUT2D eigenvalue weighted by Gasteiger charge is -2.10. The topological polar surface area (TPSA) is 101 Å². The molecule has 0 bridgehead atoms. The molecule has 0 aliphatic rings. The Bertz CT molecular complexity index is 1080. The zero-order valence-electron chi connectivity index (χ0n) is 15.2. The zero-order chi connectivity index (χ0) is 20.6. The average molecular weight is 387 g/mol. The van der Waals surface area contributed by atoms with Crippen molar-refractivity contribution in [2.75, 3.05) is 10.6 Å². The van der Waals surface area contributed by atoms with Crippen LogP contribution < -0.4 is 10.6 Å². The van der Waals surface area contributed by atoms with E-state index >= 15 is 0 Å². The smallest absolute Gasteiger partial charge is 0.276 e. The minimum Gasteiger partial charge on any atom is -0.322 e. The summed E-state index contributed by atoms with van der Waals surface area (Å²) in [6, 6.07) is 21.7. The van der Waals surface area contributed by atoms with Gasteiger partial charge in [-0.2, -0.15) is 0 Å². The summed E-state index contributed by atoms with van der Waals surface area (Å²) in [6.45, 7) is 0. The number of benzene rings is 3. The fourth-order valence-corrected chi connectivity index (χ4v) is 2.64. The van der Waals surface area contributed by atoms with E-state index in [1.807, 2.05) is 6.07 Å². The molecule has 0 radical (unpaired) electrons. The molecule has 2 N–H and O–H groups in total. The van der Waals surface area contributed by atoms with Gasteiger partial charge in [0.05, 0.1) is 21.7 Å². The highest BCUT2D eigenvalue weighted by molar-refractivity contribution is 6.11. The molecule has 0 atom stereocenters. The fraction of sp³-hybridized carbons (Fsp3) is 0. The summed E-state index contributed by atoms with van der Waals surface area (Å²) in [5.74, 6) is -0.877. The summed E-state index contributed by atoms with van der Waals surface area (Å²) in [5.41, 5.74) is 1.47. The number of amides is 2. The van der Waals surface area contributed by atoms with Gasteiger partial charge >= 0.3 is 0 Å². The van der Waals surface area contributed by atoms with Crippen molar-refractivity contribution < 1.29 is 14.5 Å². The van der Waals surface area contributed by atoms with Crippen LogP contribution in [0.5, 0.6) is 0 Å². The van der Waals surface area contributed by atoms with E-state index in [9.17, 15) is 19.7 Å². The van der Waals surface area contributed by atoms with Crippen molar-refractivity contribution >= 4 is 35.0 Å². The van der Waals surface area contributed by atoms with Gasteiger partial charge in [0.15, 0.2) is 0 Å². The van der Waals surface area contributed by atoms with Gasteiger partial charge in [0.25, 0.3) is 11.6 Å². The number of carbonyl (C=O) groups is 2. The molecule has 7 heteroatoms. The minimum atomic E-state index is -0.513. The first-order chi connectivity index (χ1) is 14.0. The molecule has 3 aromatic carbocycles. The van der Waals surface area contributed by atoms with Gasteiger partial charge in [-0.3, -0.25) is 19.7 Å². The molecule has 0 spiro atoms. The Labute approximate surface area is 166 Å². The van der Waals surface area contributed by atoms with E-state index in [4.69, 9.17) is 0 Å². The molecule has 7 nitrogen and oxygen atoms in total. The van der Waals surface area contributed by atoms with E-state index < -0.39 is 10.8 Å². The maximum absolute atomic E-state index is 12.6. The van der Waals surface area contributed by atoms with Gasteiger partial charge in [-0.05, 0) is 36.4 Å². The van der Waals surface area contributed by atoms with Crippen molar-refractivity contribution in [3.8, 4) is 0 Å². The quantitative estimate of drug-likeness (QED) is 0.369. The van der Waals surface area contributed by atoms with E-state index in [1.54, 1.807) is 66.7 Å². The van der Waals surface area contributed by atoms with Crippen LogP contribution >= 0.6 is 0 Å². The third-order valence-corrected chi connectivity index (χ3v) is 4.01. The number of rotatable bonds is 6. The summed E-state index contributed by atoms with van der Waals surface area (Å²) in [5, 5.41) is 16.5. The molecule has 0 heterocycles. The summed E-state index contributed by atoms with van der Waals surface area (Å²) in [7, 11) is 0. The SMILES string of the molecule is O=C(C=Cc1ccccc1[N+](=O)[O-])Nc1ccccc1C(=O)Nc1ccccc1. The largest absolute Gasteiger partial charge is 0.322 e. The molecule has 29 heavy (non-hydrogen) atoms. The zero-order valence-corrected chi connectivity index (χ0v) is 15.2. The van der Waals surface area contributed by atoms with Crippen LogP contribution in [0.2, 0.25) is 0 Å². The van der Waals surface area contributed by atoms with Gasteiger partial charge in [-0.1, -0.05) is 42.5 Å². The van der Waals surface area contributed by atoms with E-state index in [-0.39, 0.29) is 11.6 Å². The molecule has 0 saturated carbocycles. The highest BCUT2D eigenvalue weighted by Gasteiger charge is 2.13. The van der Waals surface area contributed by atoms with E-state index in [1.165, 1.54) is 18.2 Å². The van der Waals surface area contributed by atoms with Crippen LogP contribution in [0.4, 0.5) is 17.1 Å². The Morgan fingerprint density at radius 2 is 1.48 bits per heavy atom. The van der Waals surface area contributed by atoms with E-state index in [0.717, 1.165) is 0 Å². The second-order valence-electron chi connectivity index (χ2n) is 6.00. The number of hydrogen-bond donors (Lipinski definition) is 2. The highest BCUT2D eigenvalue weighted by atomic mass is 16.6. The first-order valence-corrected chi connectivity index (χ1v) is 8.72. The lowest BCUT2D eigenvalue weighted by atomic mass is 10.1. The fourth-order valence-electron chi connectivity index (χ4n) is 2.64. The predicted molar refractivity (Wildman–Crippen MR) is 112 cm³/mol. The first kappa shape index (κ1) is 19.5. The predicted octanol–water partition coefficient (Wildman–Crippen LogP) is 4.50. The normalized spacial score (nSPS) is 10.5. The number of carbonyl (C=O) groups excluding carboxylic acids is 2. The Balaban J connectivity index is 1.75. The second-order valence-corrected chi connectivity index (χ2v) is 6.00. The molecule has 3 aromatic rings. The number of anilines is 2. The second kappa shape index (κ2) is 9.09. The lowest BCUT2D eigenvalue weighted by Crippen LogP contribution is -2.16. The molecule has 0 aliphatic heterocycles. The van der Waals surface area contributed by atoms with Crippen molar-refractivity contribution in [3.05, 3.63) is 106 Å². The van der Waals surface area contributed by atoms with Crippen molar-refractivity contribution in [1.82, 2.24) is 0 Å². The third-order valence-electron chi connectivity index (χ3n) is 4.01. The van der Waals surface area contributed by atoms with Gasteiger partial charge in [0, 0.05) is 17.8 Å². The van der Waals surface area contributed by atoms with Crippen LogP contribution in [-0.4, -0.2) is 16.7 Å². The van der Waals surface area contributed by atoms with Crippen LogP contribution in [0.1, 0.15) is 15.9 Å². The Kier molecular flexibility index (Phi) is 6.12. The molecular formula is C22H17N3O4. The Morgan fingerprint density at radius 1 is 0.828 bits per heavy atom. The van der Waals surface area contributed by atoms with Crippen molar-refractivity contribution in [3.63, 3.8) is 0 Å². The summed E-state index contributed by atoms with van der Waals surface area (Å²) in [4.78, 5) is 35.4. The molecule has 3 rings (SSSR count). The van der Waals surface area contributed by atoms with Crippen LogP contribution in [0.3, 0.4) is 0 Å². The Morgan fingerprint density at radius 3 is 2.24 bits per heavy atom. The van der Waals surface area contributed by atoms with Crippen LogP contribution in [-0.2, 0) is 4.79 Å². The highest BCUT2D eigenvalue weighted by Crippen LogP contribution is 2.20. The molecule has 0 aromatic heterocycles. The Hall–Kier alpha value is -4.26. The number of hydrogen-bond acceptors (Lipinski definition) is 4. The molecule has 0 saturated heterocycles. The summed E-state index contributed by atoms with van der Waals surface area (Å²) in [6.07, 6.45) is 2.55. The number of para-hydroxylation sites is 3. The van der Waals surface area contributed by atoms with Crippen LogP contribution in [0.15, 0.2) is 84.9 Å². The van der Waals surface area contributed by atoms with Crippen molar-refractivity contribution in [1.29, 1.82) is 0 Å². The number of nitrogens with zero attached hydrogens (tertiary/aromatic N) is 1. The minimum absolute atomic E-state index is 0.0980. The monoisotopic (exact) mass is 387 g/mol. The van der Waals surface area contributed by atoms with Crippen LogP contribution in [0, 0.1) is 10.1 Å². The van der Waals surface area contributed by atoms with Gasteiger partial charge < -0.3 is 10.6 Å².